The first-order valence-electron chi connectivity index (χ1n) is 11.1. The van der Waals surface area contributed by atoms with Gasteiger partial charge in [-0.1, -0.05) is 23.7 Å². The molecule has 0 amide bonds. The molecule has 4 rings (SSSR count). The molecule has 2 aliphatic rings. The Kier molecular flexibility index (Phi) is 7.25. The first kappa shape index (κ1) is 22.2. The predicted molar refractivity (Wildman–Crippen MR) is 120 cm³/mol. The van der Waals surface area contributed by atoms with Crippen LogP contribution >= 0.6 is 11.6 Å². The lowest BCUT2D eigenvalue weighted by Gasteiger charge is -2.36. The first-order chi connectivity index (χ1) is 15.0. The van der Waals surface area contributed by atoms with Crippen molar-refractivity contribution < 1.29 is 9.13 Å². The average Bonchev–Trinajstić information content (AvgIpc) is 2.81. The summed E-state index contributed by atoms with van der Waals surface area (Å²) in [4.78, 5) is 15.2. The van der Waals surface area contributed by atoms with Crippen LogP contribution in [0.2, 0.25) is 5.02 Å². The second-order valence-corrected chi connectivity index (χ2v) is 8.96. The van der Waals surface area contributed by atoms with E-state index >= 15 is 0 Å². The molecule has 0 bridgehead atoms. The lowest BCUT2D eigenvalue weighted by molar-refractivity contribution is 0.0595. The summed E-state index contributed by atoms with van der Waals surface area (Å²) in [6, 6.07) is 6.90. The maximum atomic E-state index is 13.2. The fourth-order valence-corrected chi connectivity index (χ4v) is 4.72. The number of nitrogens with zero attached hydrogens (tertiary/aromatic N) is 3. The number of likely N-dealkylation sites (tertiary alicyclic amines) is 1. The van der Waals surface area contributed by atoms with E-state index in [1.54, 1.807) is 6.20 Å². The van der Waals surface area contributed by atoms with Gasteiger partial charge in [0.1, 0.15) is 10.8 Å². The Morgan fingerprint density at radius 3 is 2.68 bits per heavy atom. The molecule has 0 unspecified atom stereocenters. The van der Waals surface area contributed by atoms with Gasteiger partial charge in [-0.15, -0.1) is 0 Å². The van der Waals surface area contributed by atoms with Gasteiger partial charge >= 0.3 is 0 Å². The van der Waals surface area contributed by atoms with Crippen LogP contribution in [-0.4, -0.2) is 47.5 Å². The largest absolute Gasteiger partial charge is 0.382 e. The molecular formula is C23H30ClFN4O2. The number of ether oxygens (including phenoxy) is 1. The van der Waals surface area contributed by atoms with Crippen molar-refractivity contribution in [2.24, 2.45) is 5.92 Å². The van der Waals surface area contributed by atoms with E-state index in [0.717, 1.165) is 64.1 Å². The lowest BCUT2D eigenvalue weighted by Crippen LogP contribution is -2.39. The van der Waals surface area contributed by atoms with E-state index in [1.807, 2.05) is 12.1 Å². The fraction of sp³-hybridized carbons (Fsp3) is 0.565. The van der Waals surface area contributed by atoms with Gasteiger partial charge in [0, 0.05) is 32.3 Å². The highest BCUT2D eigenvalue weighted by molar-refractivity contribution is 6.32. The Balaban J connectivity index is 1.36. The molecule has 168 valence electrons. The monoisotopic (exact) mass is 448 g/mol. The van der Waals surface area contributed by atoms with E-state index in [4.69, 9.17) is 16.3 Å². The minimum Gasteiger partial charge on any atom is -0.382 e. The maximum Gasteiger partial charge on any atom is 0.287 e. The third kappa shape index (κ3) is 5.27. The third-order valence-corrected chi connectivity index (χ3v) is 6.89. The molecule has 0 aliphatic carbocycles. The molecule has 31 heavy (non-hydrogen) atoms. The fourth-order valence-electron chi connectivity index (χ4n) is 4.52. The number of aromatic nitrogens is 2. The van der Waals surface area contributed by atoms with Crippen molar-refractivity contribution in [2.75, 3.05) is 38.2 Å². The summed E-state index contributed by atoms with van der Waals surface area (Å²) >= 11 is 6.40. The highest BCUT2D eigenvalue weighted by Gasteiger charge is 2.26. The van der Waals surface area contributed by atoms with Crippen LogP contribution in [0.4, 0.5) is 10.1 Å². The molecule has 0 radical (unpaired) electrons. The zero-order valence-corrected chi connectivity index (χ0v) is 18.7. The third-order valence-electron chi connectivity index (χ3n) is 6.52. The Hall–Kier alpha value is -1.96. The number of hydrogen-bond donors (Lipinski definition) is 1. The molecule has 2 atom stereocenters. The second-order valence-electron chi connectivity index (χ2n) is 8.58. The zero-order chi connectivity index (χ0) is 21.8. The van der Waals surface area contributed by atoms with Crippen LogP contribution < -0.4 is 10.9 Å². The highest BCUT2D eigenvalue weighted by atomic mass is 35.5. The van der Waals surface area contributed by atoms with Gasteiger partial charge in [0.05, 0.1) is 24.5 Å². The quantitative estimate of drug-likeness (QED) is 0.715. The molecule has 0 saturated carbocycles. The van der Waals surface area contributed by atoms with Crippen LogP contribution in [0, 0.1) is 11.7 Å². The normalized spacial score (nSPS) is 21.7. The van der Waals surface area contributed by atoms with Gasteiger partial charge in [0.15, 0.2) is 0 Å². The van der Waals surface area contributed by atoms with Gasteiger partial charge in [-0.05, 0) is 56.2 Å². The highest BCUT2D eigenvalue weighted by Crippen LogP contribution is 2.29. The van der Waals surface area contributed by atoms with E-state index < -0.39 is 0 Å². The summed E-state index contributed by atoms with van der Waals surface area (Å²) < 4.78 is 20.2. The number of piperidine rings is 1. The molecule has 3 heterocycles. The predicted octanol–water partition coefficient (Wildman–Crippen LogP) is 4.27. The molecular weight excluding hydrogens is 419 g/mol. The first-order valence-corrected chi connectivity index (χ1v) is 11.5. The van der Waals surface area contributed by atoms with Crippen LogP contribution in [0.15, 0.2) is 35.3 Å². The van der Waals surface area contributed by atoms with Gasteiger partial charge < -0.3 is 10.1 Å². The maximum absolute atomic E-state index is 13.2. The minimum absolute atomic E-state index is 0.0301. The van der Waals surface area contributed by atoms with Gasteiger partial charge in [-0.3, -0.25) is 9.69 Å². The van der Waals surface area contributed by atoms with Crippen LogP contribution in [0.1, 0.15) is 50.3 Å². The lowest BCUT2D eigenvalue weighted by atomic mass is 10.00. The summed E-state index contributed by atoms with van der Waals surface area (Å²) in [5.41, 5.74) is 1.45. The van der Waals surface area contributed by atoms with Gasteiger partial charge in [0.25, 0.3) is 5.56 Å². The van der Waals surface area contributed by atoms with E-state index in [1.165, 1.54) is 16.8 Å². The number of benzene rings is 1. The Morgan fingerprint density at radius 2 is 2.00 bits per heavy atom. The number of hydrogen-bond acceptors (Lipinski definition) is 5. The molecule has 2 aromatic rings. The van der Waals surface area contributed by atoms with Crippen molar-refractivity contribution in [3.63, 3.8) is 0 Å². The van der Waals surface area contributed by atoms with E-state index in [-0.39, 0.29) is 28.5 Å². The smallest absolute Gasteiger partial charge is 0.287 e. The standard InChI is InChI=1S/C23H30ClFN4O2/c1-16(18-4-6-19(25)7-5-18)28-10-8-20(9-11-28)29-23(30)22(24)21(14-27-29)26-13-17-3-2-12-31-15-17/h4-7,14,16-17,20,26H,2-3,8-13,15H2,1H3/t16-,17-/m1/s1. The van der Waals surface area contributed by atoms with E-state index in [9.17, 15) is 9.18 Å². The molecule has 1 aromatic heterocycles. The Bertz CT molecular complexity index is 922. The van der Waals surface area contributed by atoms with Gasteiger partial charge in [-0.2, -0.15) is 5.10 Å². The van der Waals surface area contributed by atoms with Crippen LogP contribution in [0.25, 0.3) is 0 Å². The van der Waals surface area contributed by atoms with Crippen LogP contribution in [0.5, 0.6) is 0 Å². The Morgan fingerprint density at radius 1 is 1.26 bits per heavy atom. The molecule has 2 fully saturated rings. The molecule has 8 heteroatoms. The van der Waals surface area contributed by atoms with Crippen molar-refractivity contribution in [2.45, 2.75) is 44.7 Å². The minimum atomic E-state index is -0.239. The summed E-state index contributed by atoms with van der Waals surface area (Å²) in [5, 5.41) is 7.91. The van der Waals surface area contributed by atoms with Gasteiger partial charge in [-0.25, -0.2) is 9.07 Å². The molecule has 0 spiro atoms. The van der Waals surface area contributed by atoms with Crippen molar-refractivity contribution >= 4 is 17.3 Å². The van der Waals surface area contributed by atoms with Crippen molar-refractivity contribution in [1.82, 2.24) is 14.7 Å². The number of rotatable bonds is 6. The van der Waals surface area contributed by atoms with Crippen LogP contribution in [-0.2, 0) is 4.74 Å². The topological polar surface area (TPSA) is 59.4 Å². The summed E-state index contributed by atoms with van der Waals surface area (Å²) in [6.07, 6.45) is 5.49. The van der Waals surface area contributed by atoms with Crippen molar-refractivity contribution in [3.8, 4) is 0 Å². The SMILES string of the molecule is C[C@H](c1ccc(F)cc1)N1CCC(n2ncc(NC[C@H]3CCCOC3)c(Cl)c2=O)CC1. The van der Waals surface area contributed by atoms with E-state index in [0.29, 0.717) is 11.6 Å². The molecule has 1 aromatic carbocycles. The molecule has 6 nitrogen and oxygen atoms in total. The summed E-state index contributed by atoms with van der Waals surface area (Å²) in [5.74, 6) is 0.210. The van der Waals surface area contributed by atoms with Gasteiger partial charge in [0.2, 0.25) is 0 Å². The number of halogens is 2. The second kappa shape index (κ2) is 10.1. The van der Waals surface area contributed by atoms with Crippen molar-refractivity contribution in [3.05, 3.63) is 57.2 Å². The molecule has 1 N–H and O–H groups in total. The molecule has 2 saturated heterocycles. The van der Waals surface area contributed by atoms with Crippen molar-refractivity contribution in [1.29, 1.82) is 0 Å². The van der Waals surface area contributed by atoms with E-state index in [2.05, 4.69) is 22.2 Å². The summed E-state index contributed by atoms with van der Waals surface area (Å²) in [7, 11) is 0. The zero-order valence-electron chi connectivity index (χ0n) is 17.9. The number of nitrogens with one attached hydrogen (secondary N) is 1. The Labute approximate surface area is 187 Å². The number of anilines is 1. The molecule has 2 aliphatic heterocycles. The average molecular weight is 449 g/mol. The van der Waals surface area contributed by atoms with Crippen LogP contribution in [0.3, 0.4) is 0 Å². The summed E-state index contributed by atoms with van der Waals surface area (Å²) in [6.45, 7) is 6.12.